The van der Waals surface area contributed by atoms with E-state index in [-0.39, 0.29) is 27.9 Å². The lowest BCUT2D eigenvalue weighted by Gasteiger charge is -2.17. The van der Waals surface area contributed by atoms with E-state index in [0.717, 1.165) is 6.07 Å². The van der Waals surface area contributed by atoms with Gasteiger partial charge in [-0.1, -0.05) is 29.8 Å². The average Bonchev–Trinajstić information content (AvgIpc) is 2.86. The van der Waals surface area contributed by atoms with Crippen molar-refractivity contribution < 1.29 is 13.9 Å². The number of nitrogens with one attached hydrogen (secondary N) is 3. The number of urea groups is 1. The van der Waals surface area contributed by atoms with Crippen molar-refractivity contribution in [3.05, 3.63) is 82.0 Å². The Labute approximate surface area is 218 Å². The number of pyridine rings is 2. The fourth-order valence-electron chi connectivity index (χ4n) is 4.06. The molecule has 1 atom stereocenters. The predicted molar refractivity (Wildman–Crippen MR) is 146 cm³/mol. The number of para-hydroxylation sites is 1. The Morgan fingerprint density at radius 2 is 1.89 bits per heavy atom. The van der Waals surface area contributed by atoms with Crippen LogP contribution in [-0.4, -0.2) is 35.3 Å². The van der Waals surface area contributed by atoms with Gasteiger partial charge in [-0.3, -0.25) is 4.79 Å². The molecule has 0 fully saturated rings. The fraction of sp³-hybridized carbons (Fsp3) is 0.222. The van der Waals surface area contributed by atoms with Gasteiger partial charge in [-0.2, -0.15) is 0 Å². The van der Waals surface area contributed by atoms with Gasteiger partial charge in [-0.25, -0.2) is 14.2 Å². The summed E-state index contributed by atoms with van der Waals surface area (Å²) in [6.07, 6.45) is 1.66. The number of methoxy groups -OCH3 is 1. The van der Waals surface area contributed by atoms with Crippen LogP contribution in [0.2, 0.25) is 5.02 Å². The summed E-state index contributed by atoms with van der Waals surface area (Å²) in [6, 6.07) is 14.1. The molecule has 0 radical (unpaired) electrons. The second-order valence-corrected chi connectivity index (χ2v) is 8.90. The number of benzene rings is 2. The number of hydrogen-bond donors (Lipinski definition) is 3. The minimum Gasteiger partial charge on any atom is -0.383 e. The van der Waals surface area contributed by atoms with Crippen LogP contribution < -0.4 is 21.5 Å². The third kappa shape index (κ3) is 5.90. The lowest BCUT2D eigenvalue weighted by Crippen LogP contribution is -2.23. The lowest BCUT2D eigenvalue weighted by molar-refractivity contribution is 0.190. The number of nitrogens with zero attached hydrogens (tertiary/aromatic N) is 2. The molecule has 4 rings (SSSR count). The third-order valence-corrected chi connectivity index (χ3v) is 6.04. The summed E-state index contributed by atoms with van der Waals surface area (Å²) >= 11 is 6.38. The van der Waals surface area contributed by atoms with Crippen molar-refractivity contribution in [3.63, 3.8) is 0 Å². The average molecular weight is 524 g/mol. The molecule has 0 saturated carbocycles. The van der Waals surface area contributed by atoms with Gasteiger partial charge < -0.3 is 25.3 Å². The minimum absolute atomic E-state index is 0.0269. The highest BCUT2D eigenvalue weighted by atomic mass is 35.5. The van der Waals surface area contributed by atoms with Gasteiger partial charge in [0.15, 0.2) is 0 Å². The molecule has 1 unspecified atom stereocenters. The standard InChI is InChI=1S/C27H27ClFN5O3/c1-4-34-24-13-25(31-16(2)15-37-3)30-14-17(24)10-20(26(34)35)19-11-23(22(29)12-21(19)28)33-27(36)32-18-8-6-5-7-9-18/h5-14,16H,4,15H2,1-3H3,(H,30,31)(H2,32,33,36). The Hall–Kier alpha value is -3.95. The van der Waals surface area contributed by atoms with E-state index in [2.05, 4.69) is 20.9 Å². The maximum Gasteiger partial charge on any atom is 0.323 e. The first-order valence-electron chi connectivity index (χ1n) is 11.7. The molecule has 2 amide bonds. The third-order valence-electron chi connectivity index (χ3n) is 5.73. The number of hydrogen-bond acceptors (Lipinski definition) is 5. The van der Waals surface area contributed by atoms with Gasteiger partial charge >= 0.3 is 6.03 Å². The van der Waals surface area contributed by atoms with Crippen LogP contribution in [0.4, 0.5) is 26.4 Å². The summed E-state index contributed by atoms with van der Waals surface area (Å²) < 4.78 is 21.5. The SMILES string of the molecule is CCn1c(=O)c(-c2cc(NC(=O)Nc3ccccc3)c(F)cc2Cl)cc2cnc(NC(C)COC)cc21. The maximum absolute atomic E-state index is 14.7. The molecule has 0 aliphatic rings. The molecule has 2 aromatic heterocycles. The van der Waals surface area contributed by atoms with E-state index in [1.165, 1.54) is 6.07 Å². The number of fused-ring (bicyclic) bond motifs is 1. The van der Waals surface area contributed by atoms with Gasteiger partial charge in [0.2, 0.25) is 0 Å². The van der Waals surface area contributed by atoms with E-state index < -0.39 is 11.8 Å². The zero-order valence-corrected chi connectivity index (χ0v) is 21.4. The van der Waals surface area contributed by atoms with E-state index in [1.54, 1.807) is 48.2 Å². The number of halogens is 2. The largest absolute Gasteiger partial charge is 0.383 e. The summed E-state index contributed by atoms with van der Waals surface area (Å²) in [5.74, 6) is -0.113. The monoisotopic (exact) mass is 523 g/mol. The van der Waals surface area contributed by atoms with Gasteiger partial charge in [0.25, 0.3) is 5.56 Å². The summed E-state index contributed by atoms with van der Waals surface area (Å²) in [6.45, 7) is 4.72. The van der Waals surface area contributed by atoms with E-state index in [9.17, 15) is 14.0 Å². The Balaban J connectivity index is 1.72. The van der Waals surface area contributed by atoms with Gasteiger partial charge in [0.1, 0.15) is 11.6 Å². The molecule has 192 valence electrons. The number of amides is 2. The number of carbonyl (C=O) groups is 1. The van der Waals surface area contributed by atoms with Crippen molar-refractivity contribution in [3.8, 4) is 11.1 Å². The van der Waals surface area contributed by atoms with Gasteiger partial charge in [0, 0.05) is 54.2 Å². The molecule has 0 spiro atoms. The maximum atomic E-state index is 14.7. The molecule has 2 aromatic carbocycles. The van der Waals surface area contributed by atoms with Crippen molar-refractivity contribution in [2.24, 2.45) is 0 Å². The molecule has 0 bridgehead atoms. The number of rotatable bonds is 8. The van der Waals surface area contributed by atoms with E-state index in [1.807, 2.05) is 26.0 Å². The number of anilines is 3. The van der Waals surface area contributed by atoms with Crippen LogP contribution in [0.25, 0.3) is 22.0 Å². The van der Waals surface area contributed by atoms with Crippen LogP contribution >= 0.6 is 11.6 Å². The van der Waals surface area contributed by atoms with Crippen molar-refractivity contribution in [1.82, 2.24) is 9.55 Å². The number of aromatic nitrogens is 2. The van der Waals surface area contributed by atoms with Crippen molar-refractivity contribution in [1.29, 1.82) is 0 Å². The van der Waals surface area contributed by atoms with Crippen LogP contribution in [-0.2, 0) is 11.3 Å². The molecule has 0 aliphatic carbocycles. The number of aryl methyl sites for hydroxylation is 1. The predicted octanol–water partition coefficient (Wildman–Crippen LogP) is 5.97. The van der Waals surface area contributed by atoms with E-state index in [0.29, 0.717) is 41.1 Å². The van der Waals surface area contributed by atoms with Gasteiger partial charge in [0.05, 0.1) is 22.8 Å². The molecule has 8 nitrogen and oxygen atoms in total. The lowest BCUT2D eigenvalue weighted by atomic mass is 10.0. The highest BCUT2D eigenvalue weighted by Gasteiger charge is 2.18. The Morgan fingerprint density at radius 3 is 2.59 bits per heavy atom. The molecule has 2 heterocycles. The Kier molecular flexibility index (Phi) is 8.05. The number of carbonyl (C=O) groups excluding carboxylic acids is 1. The van der Waals surface area contributed by atoms with Gasteiger partial charge in [-0.05, 0) is 44.2 Å². The van der Waals surface area contributed by atoms with Crippen LogP contribution in [0.5, 0.6) is 0 Å². The van der Waals surface area contributed by atoms with E-state index in [4.69, 9.17) is 16.3 Å². The highest BCUT2D eigenvalue weighted by Crippen LogP contribution is 2.33. The zero-order chi connectivity index (χ0) is 26.5. The minimum atomic E-state index is -0.726. The molecular formula is C27H27ClFN5O3. The summed E-state index contributed by atoms with van der Waals surface area (Å²) in [5.41, 5.74) is 1.39. The molecule has 0 aliphatic heterocycles. The first kappa shape index (κ1) is 26.1. The van der Waals surface area contributed by atoms with Crippen LogP contribution in [0.3, 0.4) is 0 Å². The number of ether oxygens (including phenoxy) is 1. The molecule has 4 aromatic rings. The van der Waals surface area contributed by atoms with Crippen LogP contribution in [0.15, 0.2) is 65.6 Å². The van der Waals surface area contributed by atoms with Crippen LogP contribution in [0, 0.1) is 5.82 Å². The second-order valence-electron chi connectivity index (χ2n) is 8.49. The second kappa shape index (κ2) is 11.4. The Bertz CT molecular complexity index is 1490. The van der Waals surface area contributed by atoms with Crippen molar-refractivity contribution >= 4 is 45.7 Å². The molecule has 37 heavy (non-hydrogen) atoms. The zero-order valence-electron chi connectivity index (χ0n) is 20.6. The normalized spacial score (nSPS) is 11.8. The summed E-state index contributed by atoms with van der Waals surface area (Å²) in [4.78, 5) is 30.4. The highest BCUT2D eigenvalue weighted by molar-refractivity contribution is 6.33. The quantitative estimate of drug-likeness (QED) is 0.264. The smallest absolute Gasteiger partial charge is 0.323 e. The first-order valence-corrected chi connectivity index (χ1v) is 12.1. The summed E-state index contributed by atoms with van der Waals surface area (Å²) in [7, 11) is 1.62. The fourth-order valence-corrected chi connectivity index (χ4v) is 4.31. The van der Waals surface area contributed by atoms with Crippen molar-refractivity contribution in [2.75, 3.05) is 29.7 Å². The van der Waals surface area contributed by atoms with Crippen molar-refractivity contribution in [2.45, 2.75) is 26.4 Å². The molecule has 10 heteroatoms. The first-order chi connectivity index (χ1) is 17.8. The summed E-state index contributed by atoms with van der Waals surface area (Å²) in [5, 5.41) is 9.13. The molecule has 0 saturated heterocycles. The Morgan fingerprint density at radius 1 is 1.14 bits per heavy atom. The van der Waals surface area contributed by atoms with Gasteiger partial charge in [-0.15, -0.1) is 0 Å². The van der Waals surface area contributed by atoms with E-state index >= 15 is 0 Å². The molecular weight excluding hydrogens is 497 g/mol. The molecule has 3 N–H and O–H groups in total. The van der Waals surface area contributed by atoms with Crippen LogP contribution in [0.1, 0.15) is 13.8 Å². The topological polar surface area (TPSA) is 97.3 Å².